The molecule has 104 valence electrons. The van der Waals surface area contributed by atoms with Crippen LogP contribution >= 0.6 is 0 Å². The molecule has 0 bridgehead atoms. The van der Waals surface area contributed by atoms with Crippen molar-refractivity contribution in [2.45, 2.75) is 43.9 Å². The molecule has 1 aliphatic rings. The van der Waals surface area contributed by atoms with Gasteiger partial charge in [0.15, 0.2) is 0 Å². The Morgan fingerprint density at radius 3 is 2.74 bits per heavy atom. The van der Waals surface area contributed by atoms with Crippen LogP contribution < -0.4 is 0 Å². The number of hydrogen-bond acceptors (Lipinski definition) is 5. The first-order valence-corrected chi connectivity index (χ1v) is 6.50. The molecule has 1 aromatic heterocycles. The molecule has 3 atom stereocenters. The Kier molecular flexibility index (Phi) is 4.44. The molecule has 1 aromatic rings. The lowest BCUT2D eigenvalue weighted by molar-refractivity contribution is -0.0256. The van der Waals surface area contributed by atoms with Crippen LogP contribution in [0.2, 0.25) is 0 Å². The van der Waals surface area contributed by atoms with Crippen LogP contribution in [0.1, 0.15) is 36.2 Å². The lowest BCUT2D eigenvalue weighted by Gasteiger charge is -2.32. The third-order valence-electron chi connectivity index (χ3n) is 3.64. The SMILES string of the molecule is CN(C(=O)c1cnccn1)[C@@H]1CCCC[C@@H](O)[C@@H]1O. The normalized spacial score (nSPS) is 27.6. The molecule has 2 rings (SSSR count). The molecule has 0 radical (unpaired) electrons. The zero-order chi connectivity index (χ0) is 13.8. The van der Waals surface area contributed by atoms with Crippen LogP contribution in [0.15, 0.2) is 18.6 Å². The maximum absolute atomic E-state index is 12.2. The number of aromatic nitrogens is 2. The second kappa shape index (κ2) is 6.08. The molecule has 0 saturated heterocycles. The molecule has 6 nitrogen and oxygen atoms in total. The summed E-state index contributed by atoms with van der Waals surface area (Å²) in [7, 11) is 1.63. The van der Waals surface area contributed by atoms with Crippen molar-refractivity contribution in [2.24, 2.45) is 0 Å². The first-order valence-electron chi connectivity index (χ1n) is 6.50. The second-order valence-corrected chi connectivity index (χ2v) is 4.92. The van der Waals surface area contributed by atoms with Gasteiger partial charge in [0.1, 0.15) is 11.8 Å². The third-order valence-corrected chi connectivity index (χ3v) is 3.64. The Bertz CT molecular complexity index is 426. The molecule has 1 saturated carbocycles. The fourth-order valence-corrected chi connectivity index (χ4v) is 2.47. The number of rotatable bonds is 2. The maximum Gasteiger partial charge on any atom is 0.274 e. The quantitative estimate of drug-likeness (QED) is 0.747. The second-order valence-electron chi connectivity index (χ2n) is 4.92. The van der Waals surface area contributed by atoms with E-state index in [4.69, 9.17) is 0 Å². The molecule has 6 heteroatoms. The molecule has 0 unspecified atom stereocenters. The summed E-state index contributed by atoms with van der Waals surface area (Å²) in [6, 6.07) is -0.382. The van der Waals surface area contributed by atoms with E-state index >= 15 is 0 Å². The van der Waals surface area contributed by atoms with E-state index < -0.39 is 12.2 Å². The summed E-state index contributed by atoms with van der Waals surface area (Å²) in [5.41, 5.74) is 0.246. The van der Waals surface area contributed by atoms with Crippen molar-refractivity contribution in [3.8, 4) is 0 Å². The zero-order valence-electron chi connectivity index (χ0n) is 10.9. The van der Waals surface area contributed by atoms with Gasteiger partial charge in [-0.25, -0.2) is 4.98 Å². The van der Waals surface area contributed by atoms with E-state index in [1.54, 1.807) is 7.05 Å². The monoisotopic (exact) mass is 265 g/mol. The molecular formula is C13H19N3O3. The van der Waals surface area contributed by atoms with Crippen LogP contribution in [0.3, 0.4) is 0 Å². The average Bonchev–Trinajstić information content (AvgIpc) is 2.61. The van der Waals surface area contributed by atoms with Crippen molar-refractivity contribution in [3.05, 3.63) is 24.3 Å². The van der Waals surface area contributed by atoms with Gasteiger partial charge in [0.05, 0.1) is 18.3 Å². The van der Waals surface area contributed by atoms with Gasteiger partial charge < -0.3 is 15.1 Å². The molecule has 1 aliphatic carbocycles. The van der Waals surface area contributed by atoms with Crippen LogP contribution in [0.4, 0.5) is 0 Å². The zero-order valence-corrected chi connectivity index (χ0v) is 10.9. The van der Waals surface area contributed by atoms with Crippen LogP contribution in [0, 0.1) is 0 Å². The minimum atomic E-state index is -0.909. The molecular weight excluding hydrogens is 246 g/mol. The summed E-state index contributed by atoms with van der Waals surface area (Å²) in [4.78, 5) is 21.5. The summed E-state index contributed by atoms with van der Waals surface area (Å²) < 4.78 is 0. The number of nitrogens with zero attached hydrogens (tertiary/aromatic N) is 3. The fraction of sp³-hybridized carbons (Fsp3) is 0.615. The Morgan fingerprint density at radius 2 is 2.05 bits per heavy atom. The minimum absolute atomic E-state index is 0.246. The average molecular weight is 265 g/mol. The molecule has 0 aliphatic heterocycles. The van der Waals surface area contributed by atoms with E-state index in [1.807, 2.05) is 0 Å². The highest BCUT2D eigenvalue weighted by Gasteiger charge is 2.34. The molecule has 1 heterocycles. The lowest BCUT2D eigenvalue weighted by Crippen LogP contribution is -2.48. The van der Waals surface area contributed by atoms with Gasteiger partial charge in [-0.15, -0.1) is 0 Å². The van der Waals surface area contributed by atoms with Crippen LogP contribution in [0.5, 0.6) is 0 Å². The van der Waals surface area contributed by atoms with Crippen molar-refractivity contribution in [1.82, 2.24) is 14.9 Å². The summed E-state index contributed by atoms with van der Waals surface area (Å²) in [5.74, 6) is -0.286. The number of likely N-dealkylation sites (N-methyl/N-ethyl adjacent to an activating group) is 1. The van der Waals surface area contributed by atoms with Gasteiger partial charge in [0.25, 0.3) is 5.91 Å². The van der Waals surface area contributed by atoms with E-state index in [-0.39, 0.29) is 17.6 Å². The van der Waals surface area contributed by atoms with Gasteiger partial charge >= 0.3 is 0 Å². The van der Waals surface area contributed by atoms with Gasteiger partial charge in [-0.05, 0) is 12.8 Å². The predicted octanol–water partition coefficient (Wildman–Crippen LogP) is 0.213. The fourth-order valence-electron chi connectivity index (χ4n) is 2.47. The van der Waals surface area contributed by atoms with Crippen molar-refractivity contribution >= 4 is 5.91 Å². The number of aliphatic hydroxyl groups excluding tert-OH is 2. The van der Waals surface area contributed by atoms with E-state index in [0.717, 1.165) is 12.8 Å². The van der Waals surface area contributed by atoms with Crippen molar-refractivity contribution in [3.63, 3.8) is 0 Å². The van der Waals surface area contributed by atoms with Gasteiger partial charge in [-0.1, -0.05) is 12.8 Å². The molecule has 1 fully saturated rings. The Labute approximate surface area is 112 Å². The highest BCUT2D eigenvalue weighted by Crippen LogP contribution is 2.23. The topological polar surface area (TPSA) is 86.6 Å². The number of carbonyl (C=O) groups excluding carboxylic acids is 1. The Morgan fingerprint density at radius 1 is 1.32 bits per heavy atom. The summed E-state index contributed by atoms with van der Waals surface area (Å²) >= 11 is 0. The van der Waals surface area contributed by atoms with E-state index in [0.29, 0.717) is 12.8 Å². The molecule has 19 heavy (non-hydrogen) atoms. The largest absolute Gasteiger partial charge is 0.390 e. The molecule has 2 N–H and O–H groups in total. The van der Waals surface area contributed by atoms with Crippen LogP contribution in [0.25, 0.3) is 0 Å². The third kappa shape index (κ3) is 3.08. The van der Waals surface area contributed by atoms with Crippen molar-refractivity contribution < 1.29 is 15.0 Å². The summed E-state index contributed by atoms with van der Waals surface area (Å²) in [6.07, 6.45) is 5.68. The van der Waals surface area contributed by atoms with E-state index in [1.165, 1.54) is 23.5 Å². The smallest absolute Gasteiger partial charge is 0.274 e. The van der Waals surface area contributed by atoms with Gasteiger partial charge in [0.2, 0.25) is 0 Å². The van der Waals surface area contributed by atoms with E-state index in [2.05, 4.69) is 9.97 Å². The summed E-state index contributed by atoms with van der Waals surface area (Å²) in [5, 5.41) is 19.9. The van der Waals surface area contributed by atoms with Gasteiger partial charge in [0, 0.05) is 19.4 Å². The van der Waals surface area contributed by atoms with Crippen LogP contribution in [-0.2, 0) is 0 Å². The number of amides is 1. The first kappa shape index (κ1) is 13.9. The predicted molar refractivity (Wildman–Crippen MR) is 68.4 cm³/mol. The van der Waals surface area contributed by atoms with Crippen molar-refractivity contribution in [1.29, 1.82) is 0 Å². The Hall–Kier alpha value is -1.53. The number of carbonyl (C=O) groups is 1. The molecule has 0 aromatic carbocycles. The standard InChI is InChI=1S/C13H19N3O3/c1-16(13(19)9-8-14-6-7-15-9)10-4-2-3-5-11(17)12(10)18/h6-8,10-12,17-18H,2-5H2,1H3/t10-,11-,12-/m1/s1. The maximum atomic E-state index is 12.2. The minimum Gasteiger partial charge on any atom is -0.390 e. The number of aliphatic hydroxyl groups is 2. The highest BCUT2D eigenvalue weighted by atomic mass is 16.3. The van der Waals surface area contributed by atoms with Crippen LogP contribution in [-0.4, -0.2) is 56.3 Å². The summed E-state index contributed by atoms with van der Waals surface area (Å²) in [6.45, 7) is 0. The molecule has 1 amide bonds. The van der Waals surface area contributed by atoms with Gasteiger partial charge in [-0.2, -0.15) is 0 Å². The van der Waals surface area contributed by atoms with Gasteiger partial charge in [-0.3, -0.25) is 9.78 Å². The van der Waals surface area contributed by atoms with Crippen molar-refractivity contribution in [2.75, 3.05) is 7.05 Å². The number of hydrogen-bond donors (Lipinski definition) is 2. The molecule has 0 spiro atoms. The van der Waals surface area contributed by atoms with E-state index in [9.17, 15) is 15.0 Å². The lowest BCUT2D eigenvalue weighted by atomic mass is 10.0. The highest BCUT2D eigenvalue weighted by molar-refractivity contribution is 5.92. The first-order chi connectivity index (χ1) is 9.11. The Balaban J connectivity index is 2.13.